The van der Waals surface area contributed by atoms with Gasteiger partial charge in [-0.25, -0.2) is 4.39 Å². The van der Waals surface area contributed by atoms with E-state index in [0.717, 1.165) is 11.8 Å². The highest BCUT2D eigenvalue weighted by Crippen LogP contribution is 2.22. The average Bonchev–Trinajstić information content (AvgIpc) is 2.07. The van der Waals surface area contributed by atoms with E-state index >= 15 is 0 Å². The van der Waals surface area contributed by atoms with Crippen molar-refractivity contribution in [3.8, 4) is 0 Å². The van der Waals surface area contributed by atoms with Crippen LogP contribution in [-0.4, -0.2) is 16.8 Å². The molecule has 1 N–H and O–H groups in total. The first kappa shape index (κ1) is 10.3. The van der Waals surface area contributed by atoms with Crippen LogP contribution in [0.3, 0.4) is 0 Å². The topological polar surface area (TPSA) is 37.3 Å². The minimum atomic E-state index is -0.930. The van der Waals surface area contributed by atoms with Crippen molar-refractivity contribution in [1.29, 1.82) is 0 Å². The van der Waals surface area contributed by atoms with Crippen molar-refractivity contribution in [1.82, 2.24) is 0 Å². The minimum Gasteiger partial charge on any atom is -0.481 e. The van der Waals surface area contributed by atoms with Gasteiger partial charge in [-0.2, -0.15) is 0 Å². The molecule has 70 valence electrons. The number of carbonyl (C=O) groups is 1. The second-order valence-corrected chi connectivity index (χ2v) is 3.71. The third-order valence-electron chi connectivity index (χ3n) is 1.25. The molecule has 1 aromatic carbocycles. The summed E-state index contributed by atoms with van der Waals surface area (Å²) in [6.07, 6.45) is 0. The van der Waals surface area contributed by atoms with Gasteiger partial charge in [0.05, 0.1) is 10.8 Å². The first-order chi connectivity index (χ1) is 6.09. The fourth-order valence-electron chi connectivity index (χ4n) is 0.712. The zero-order valence-electron chi connectivity index (χ0n) is 6.46. The molecule has 0 radical (unpaired) electrons. The fraction of sp³-hybridized carbons (Fsp3) is 0.125. The van der Waals surface area contributed by atoms with Crippen LogP contribution in [0.1, 0.15) is 0 Å². The number of rotatable bonds is 3. The number of aliphatic carboxylic acids is 1. The van der Waals surface area contributed by atoms with Crippen LogP contribution in [0, 0.1) is 5.82 Å². The Bertz CT molecular complexity index is 330. The Morgan fingerprint density at radius 1 is 1.62 bits per heavy atom. The van der Waals surface area contributed by atoms with Crippen LogP contribution in [0.15, 0.2) is 23.1 Å². The largest absolute Gasteiger partial charge is 0.481 e. The van der Waals surface area contributed by atoms with Gasteiger partial charge in [-0.15, -0.1) is 11.8 Å². The molecule has 0 aliphatic carbocycles. The van der Waals surface area contributed by atoms with E-state index in [1.54, 1.807) is 6.07 Å². The Hall–Kier alpha value is -0.740. The van der Waals surface area contributed by atoms with Crippen LogP contribution in [0.25, 0.3) is 0 Å². The SMILES string of the molecule is O=C(O)CSc1ccc(Cl)c(F)c1. The molecule has 0 atom stereocenters. The Balaban J connectivity index is 2.68. The second kappa shape index (κ2) is 4.48. The van der Waals surface area contributed by atoms with E-state index in [1.165, 1.54) is 12.1 Å². The average molecular weight is 221 g/mol. The quantitative estimate of drug-likeness (QED) is 0.796. The highest BCUT2D eigenvalue weighted by atomic mass is 35.5. The maximum absolute atomic E-state index is 12.8. The van der Waals surface area contributed by atoms with E-state index in [0.29, 0.717) is 4.90 Å². The molecule has 1 rings (SSSR count). The normalized spacial score (nSPS) is 10.0. The molecule has 0 saturated carbocycles. The number of benzene rings is 1. The number of hydrogen-bond donors (Lipinski definition) is 1. The smallest absolute Gasteiger partial charge is 0.313 e. The summed E-state index contributed by atoms with van der Waals surface area (Å²) in [4.78, 5) is 10.7. The molecule has 0 saturated heterocycles. The highest BCUT2D eigenvalue weighted by Gasteiger charge is 2.03. The van der Waals surface area contributed by atoms with Crippen molar-refractivity contribution in [3.63, 3.8) is 0 Å². The number of hydrogen-bond acceptors (Lipinski definition) is 2. The molecule has 0 heterocycles. The zero-order chi connectivity index (χ0) is 9.84. The van der Waals surface area contributed by atoms with E-state index in [9.17, 15) is 9.18 Å². The summed E-state index contributed by atoms with van der Waals surface area (Å²) >= 11 is 6.50. The maximum atomic E-state index is 12.8. The van der Waals surface area contributed by atoms with Crippen molar-refractivity contribution in [2.45, 2.75) is 4.90 Å². The lowest BCUT2D eigenvalue weighted by Crippen LogP contribution is -1.97. The van der Waals surface area contributed by atoms with E-state index in [2.05, 4.69) is 0 Å². The molecule has 0 aliphatic heterocycles. The predicted molar refractivity (Wildman–Crippen MR) is 49.8 cm³/mol. The number of carboxylic acid groups (broad SMARTS) is 1. The van der Waals surface area contributed by atoms with Gasteiger partial charge in [0.25, 0.3) is 0 Å². The van der Waals surface area contributed by atoms with Crippen LogP contribution in [0.2, 0.25) is 5.02 Å². The molecular weight excluding hydrogens is 215 g/mol. The predicted octanol–water partition coefficient (Wildman–Crippen LogP) is 2.66. The summed E-state index contributed by atoms with van der Waals surface area (Å²) in [5.41, 5.74) is 0. The van der Waals surface area contributed by atoms with Gasteiger partial charge >= 0.3 is 5.97 Å². The monoisotopic (exact) mass is 220 g/mol. The lowest BCUT2D eigenvalue weighted by molar-refractivity contribution is -0.133. The van der Waals surface area contributed by atoms with E-state index in [1.807, 2.05) is 0 Å². The lowest BCUT2D eigenvalue weighted by atomic mass is 10.3. The molecule has 0 aliphatic rings. The number of halogens is 2. The van der Waals surface area contributed by atoms with Crippen LogP contribution in [0.4, 0.5) is 4.39 Å². The van der Waals surface area contributed by atoms with E-state index < -0.39 is 11.8 Å². The zero-order valence-corrected chi connectivity index (χ0v) is 8.03. The first-order valence-electron chi connectivity index (χ1n) is 3.39. The van der Waals surface area contributed by atoms with Crippen molar-refractivity contribution in [3.05, 3.63) is 29.0 Å². The van der Waals surface area contributed by atoms with Crippen molar-refractivity contribution >= 4 is 29.3 Å². The lowest BCUT2D eigenvalue weighted by Gasteiger charge is -1.99. The third kappa shape index (κ3) is 3.24. The number of thioether (sulfide) groups is 1. The maximum Gasteiger partial charge on any atom is 0.313 e. The Morgan fingerprint density at radius 2 is 2.31 bits per heavy atom. The fourth-order valence-corrected chi connectivity index (χ4v) is 1.47. The van der Waals surface area contributed by atoms with Gasteiger partial charge in [0.15, 0.2) is 0 Å². The molecular formula is C8H6ClFO2S. The van der Waals surface area contributed by atoms with E-state index in [4.69, 9.17) is 16.7 Å². The second-order valence-electron chi connectivity index (χ2n) is 2.26. The summed E-state index contributed by atoms with van der Waals surface area (Å²) in [6.45, 7) is 0. The first-order valence-corrected chi connectivity index (χ1v) is 4.75. The van der Waals surface area contributed by atoms with Gasteiger partial charge < -0.3 is 5.11 Å². The van der Waals surface area contributed by atoms with Crippen LogP contribution in [-0.2, 0) is 4.79 Å². The highest BCUT2D eigenvalue weighted by molar-refractivity contribution is 8.00. The van der Waals surface area contributed by atoms with Gasteiger partial charge in [-0.1, -0.05) is 11.6 Å². The van der Waals surface area contributed by atoms with Crippen LogP contribution >= 0.6 is 23.4 Å². The Kier molecular flexibility index (Phi) is 3.57. The summed E-state index contributed by atoms with van der Waals surface area (Å²) in [5, 5.41) is 8.40. The minimum absolute atomic E-state index is 0.0414. The van der Waals surface area contributed by atoms with Crippen LogP contribution < -0.4 is 0 Å². The third-order valence-corrected chi connectivity index (χ3v) is 2.54. The molecule has 2 nitrogen and oxygen atoms in total. The van der Waals surface area contributed by atoms with E-state index in [-0.39, 0.29) is 10.8 Å². The Labute approximate surface area is 83.7 Å². The summed E-state index contributed by atoms with van der Waals surface area (Å²) in [5.74, 6) is -1.54. The molecule has 13 heavy (non-hydrogen) atoms. The van der Waals surface area contributed by atoms with Gasteiger partial charge in [-0.05, 0) is 18.2 Å². The summed E-state index contributed by atoms with van der Waals surface area (Å²) in [7, 11) is 0. The standard InChI is InChI=1S/C8H6ClFO2S/c9-6-2-1-5(3-7(6)10)13-4-8(11)12/h1-3H,4H2,(H,11,12). The summed E-state index contributed by atoms with van der Waals surface area (Å²) in [6, 6.07) is 4.20. The van der Waals surface area contributed by atoms with Gasteiger partial charge in [0.1, 0.15) is 5.82 Å². The Morgan fingerprint density at radius 3 is 2.85 bits per heavy atom. The molecule has 0 spiro atoms. The van der Waals surface area contributed by atoms with Gasteiger partial charge in [0, 0.05) is 4.90 Å². The molecule has 0 unspecified atom stereocenters. The molecule has 5 heteroatoms. The van der Waals surface area contributed by atoms with Gasteiger partial charge in [-0.3, -0.25) is 4.79 Å². The van der Waals surface area contributed by atoms with Crippen molar-refractivity contribution < 1.29 is 14.3 Å². The molecule has 1 aromatic rings. The van der Waals surface area contributed by atoms with Gasteiger partial charge in [0.2, 0.25) is 0 Å². The molecule has 0 amide bonds. The molecule has 0 fully saturated rings. The van der Waals surface area contributed by atoms with Crippen molar-refractivity contribution in [2.24, 2.45) is 0 Å². The molecule has 0 aromatic heterocycles. The van der Waals surface area contributed by atoms with Crippen LogP contribution in [0.5, 0.6) is 0 Å². The summed E-state index contributed by atoms with van der Waals surface area (Å²) < 4.78 is 12.8. The van der Waals surface area contributed by atoms with Crippen molar-refractivity contribution in [2.75, 3.05) is 5.75 Å². The number of carboxylic acids is 1. The molecule has 0 bridgehead atoms.